The van der Waals surface area contributed by atoms with Gasteiger partial charge < -0.3 is 15.7 Å². The summed E-state index contributed by atoms with van der Waals surface area (Å²) in [6.45, 7) is 3.42. The van der Waals surface area contributed by atoms with Crippen LogP contribution in [0.15, 0.2) is 30.6 Å². The quantitative estimate of drug-likeness (QED) is 0.651. The molecule has 0 aliphatic carbocycles. The van der Waals surface area contributed by atoms with Crippen LogP contribution < -0.4 is 10.6 Å². The number of anilines is 1. The van der Waals surface area contributed by atoms with E-state index in [0.717, 1.165) is 38.2 Å². The number of halogens is 2. The molecule has 4 rings (SSSR count). The van der Waals surface area contributed by atoms with Gasteiger partial charge in [-0.25, -0.2) is 14.6 Å². The molecule has 1 aromatic carbocycles. The van der Waals surface area contributed by atoms with Crippen LogP contribution in [0.5, 0.6) is 0 Å². The van der Waals surface area contributed by atoms with Crippen molar-refractivity contribution < 1.29 is 5.11 Å². The molecule has 2 aromatic heterocycles. The predicted octanol–water partition coefficient (Wildman–Crippen LogP) is 3.58. The number of aliphatic hydroxyl groups is 1. The zero-order valence-electron chi connectivity index (χ0n) is 16.2. The van der Waals surface area contributed by atoms with E-state index >= 15 is 0 Å². The van der Waals surface area contributed by atoms with E-state index in [1.807, 2.05) is 12.1 Å². The summed E-state index contributed by atoms with van der Waals surface area (Å²) in [6, 6.07) is 5.40. The maximum absolute atomic E-state index is 9.75. The van der Waals surface area contributed by atoms with E-state index < -0.39 is 6.10 Å². The van der Waals surface area contributed by atoms with Gasteiger partial charge in [-0.05, 0) is 44.7 Å². The van der Waals surface area contributed by atoms with Crippen molar-refractivity contribution in [2.24, 2.45) is 5.73 Å². The molecule has 3 heterocycles. The maximum atomic E-state index is 9.75. The molecule has 3 aromatic rings. The molecule has 0 saturated carbocycles. The van der Waals surface area contributed by atoms with Crippen molar-refractivity contribution in [3.63, 3.8) is 0 Å². The van der Waals surface area contributed by atoms with Gasteiger partial charge in [-0.1, -0.05) is 29.3 Å². The zero-order valence-corrected chi connectivity index (χ0v) is 17.7. The first kappa shape index (κ1) is 20.3. The van der Waals surface area contributed by atoms with E-state index in [9.17, 15) is 5.11 Å². The van der Waals surface area contributed by atoms with Crippen LogP contribution in [-0.4, -0.2) is 49.6 Å². The smallest absolute Gasteiger partial charge is 0.181 e. The van der Waals surface area contributed by atoms with Crippen LogP contribution in [0, 0.1) is 0 Å². The minimum absolute atomic E-state index is 0.339. The number of benzene rings is 1. The summed E-state index contributed by atoms with van der Waals surface area (Å²) in [5, 5.41) is 15.1. The lowest BCUT2D eigenvalue weighted by molar-refractivity contribution is 0.143. The summed E-state index contributed by atoms with van der Waals surface area (Å²) in [5.41, 5.74) is 8.16. The molecular weight excluding hydrogens is 411 g/mol. The predicted molar refractivity (Wildman–Crippen MR) is 116 cm³/mol. The Morgan fingerprint density at radius 3 is 2.86 bits per heavy atom. The normalized spacial score (nSPS) is 21.3. The van der Waals surface area contributed by atoms with Gasteiger partial charge in [0.15, 0.2) is 5.65 Å². The highest BCUT2D eigenvalue weighted by Crippen LogP contribution is 2.30. The molecule has 0 radical (unpaired) electrons. The van der Waals surface area contributed by atoms with E-state index in [1.54, 1.807) is 30.1 Å². The van der Waals surface area contributed by atoms with Gasteiger partial charge in [-0.2, -0.15) is 5.10 Å². The summed E-state index contributed by atoms with van der Waals surface area (Å²) >= 11 is 12.5. The number of nitrogens with two attached hydrogens (primary N) is 1. The minimum Gasteiger partial charge on any atom is -0.393 e. The first-order valence-electron chi connectivity index (χ1n) is 9.73. The molecule has 29 heavy (non-hydrogen) atoms. The van der Waals surface area contributed by atoms with Crippen molar-refractivity contribution in [3.8, 4) is 5.69 Å². The number of fused-ring (bicyclic) bond motifs is 1. The lowest BCUT2D eigenvalue weighted by Gasteiger charge is -2.29. The fraction of sp³-hybridized carbons (Fsp3) is 0.450. The summed E-state index contributed by atoms with van der Waals surface area (Å²) in [6.07, 6.45) is 6.29. The summed E-state index contributed by atoms with van der Waals surface area (Å²) in [5.74, 6) is 0.801. The monoisotopic (exact) mass is 434 g/mol. The third kappa shape index (κ3) is 4.19. The molecule has 0 bridgehead atoms. The minimum atomic E-state index is -0.396. The van der Waals surface area contributed by atoms with Gasteiger partial charge in [0.1, 0.15) is 11.3 Å². The molecule has 0 amide bonds. The van der Waals surface area contributed by atoms with Crippen LogP contribution in [0.4, 0.5) is 5.82 Å². The van der Waals surface area contributed by atoms with Gasteiger partial charge in [0.05, 0.1) is 34.2 Å². The summed E-state index contributed by atoms with van der Waals surface area (Å²) in [4.78, 5) is 11.6. The average Bonchev–Trinajstić information content (AvgIpc) is 2.99. The Bertz CT molecular complexity index is 1020. The first-order chi connectivity index (χ1) is 13.9. The van der Waals surface area contributed by atoms with Crippen molar-refractivity contribution in [1.82, 2.24) is 19.7 Å². The SMILES string of the molecule is CC(O)CC1(N)CCCN(c2cnc3c(cnn3-c3cccc(Cl)c3Cl)n2)CC1. The van der Waals surface area contributed by atoms with Crippen molar-refractivity contribution >= 4 is 40.2 Å². The fourth-order valence-corrected chi connectivity index (χ4v) is 4.40. The first-order valence-corrected chi connectivity index (χ1v) is 10.5. The Morgan fingerprint density at radius 1 is 1.24 bits per heavy atom. The van der Waals surface area contributed by atoms with E-state index in [0.29, 0.717) is 33.3 Å². The van der Waals surface area contributed by atoms with Gasteiger partial charge in [0, 0.05) is 18.6 Å². The third-order valence-corrected chi connectivity index (χ3v) is 6.24. The van der Waals surface area contributed by atoms with Gasteiger partial charge in [-0.3, -0.25) is 0 Å². The highest BCUT2D eigenvalue weighted by atomic mass is 35.5. The lowest BCUT2D eigenvalue weighted by Crippen LogP contribution is -2.43. The zero-order chi connectivity index (χ0) is 20.6. The highest BCUT2D eigenvalue weighted by molar-refractivity contribution is 6.43. The molecule has 3 N–H and O–H groups in total. The van der Waals surface area contributed by atoms with E-state index in [2.05, 4.69) is 15.0 Å². The Labute approximate surface area is 179 Å². The van der Waals surface area contributed by atoms with Crippen molar-refractivity contribution in [2.45, 2.75) is 44.2 Å². The van der Waals surface area contributed by atoms with E-state index in [-0.39, 0.29) is 5.54 Å². The average molecular weight is 435 g/mol. The number of aliphatic hydroxyl groups excluding tert-OH is 1. The molecule has 2 unspecified atom stereocenters. The number of hydrogen-bond acceptors (Lipinski definition) is 6. The number of aromatic nitrogens is 4. The number of rotatable bonds is 4. The second-order valence-electron chi connectivity index (χ2n) is 7.82. The van der Waals surface area contributed by atoms with Crippen LogP contribution >= 0.6 is 23.2 Å². The van der Waals surface area contributed by atoms with Gasteiger partial charge in [0.2, 0.25) is 0 Å². The molecule has 7 nitrogen and oxygen atoms in total. The van der Waals surface area contributed by atoms with Crippen LogP contribution in [0.3, 0.4) is 0 Å². The van der Waals surface area contributed by atoms with Crippen LogP contribution in [0.1, 0.15) is 32.6 Å². The van der Waals surface area contributed by atoms with Crippen LogP contribution in [-0.2, 0) is 0 Å². The van der Waals surface area contributed by atoms with E-state index in [4.69, 9.17) is 33.9 Å². The van der Waals surface area contributed by atoms with Crippen molar-refractivity contribution in [2.75, 3.05) is 18.0 Å². The Hall–Kier alpha value is -1.93. The van der Waals surface area contributed by atoms with Gasteiger partial charge >= 0.3 is 0 Å². The third-order valence-electron chi connectivity index (χ3n) is 5.43. The highest BCUT2D eigenvalue weighted by Gasteiger charge is 2.30. The molecule has 1 aliphatic rings. The molecule has 1 fully saturated rings. The number of nitrogens with zero attached hydrogens (tertiary/aromatic N) is 5. The molecule has 2 atom stereocenters. The molecule has 154 valence electrons. The summed E-state index contributed by atoms with van der Waals surface area (Å²) < 4.78 is 1.65. The molecule has 9 heteroatoms. The maximum Gasteiger partial charge on any atom is 0.181 e. The van der Waals surface area contributed by atoms with Crippen LogP contribution in [0.2, 0.25) is 10.0 Å². The lowest BCUT2D eigenvalue weighted by atomic mass is 9.86. The largest absolute Gasteiger partial charge is 0.393 e. The van der Waals surface area contributed by atoms with Gasteiger partial charge in [-0.15, -0.1) is 0 Å². The Morgan fingerprint density at radius 2 is 2.07 bits per heavy atom. The Balaban J connectivity index is 1.60. The Kier molecular flexibility index (Phi) is 5.66. The molecule has 1 aliphatic heterocycles. The number of hydrogen-bond donors (Lipinski definition) is 2. The standard InChI is InChI=1S/C20H24Cl2N6O/c1-13(29)10-20(23)6-3-8-27(9-7-20)17-12-24-19-15(26-17)11-25-28(19)16-5-2-4-14(21)18(16)22/h2,4-5,11-13,29H,3,6-10,23H2,1H3. The molecular formula is C20H24Cl2N6O. The van der Waals surface area contributed by atoms with Crippen molar-refractivity contribution in [3.05, 3.63) is 40.6 Å². The topological polar surface area (TPSA) is 93.1 Å². The van der Waals surface area contributed by atoms with E-state index in [1.165, 1.54) is 0 Å². The van der Waals surface area contributed by atoms with Crippen molar-refractivity contribution in [1.29, 1.82) is 0 Å². The van der Waals surface area contributed by atoms with Gasteiger partial charge in [0.25, 0.3) is 0 Å². The molecule has 0 spiro atoms. The van der Waals surface area contributed by atoms with Crippen LogP contribution in [0.25, 0.3) is 16.9 Å². The second-order valence-corrected chi connectivity index (χ2v) is 8.61. The summed E-state index contributed by atoms with van der Waals surface area (Å²) in [7, 11) is 0. The second kappa shape index (κ2) is 8.07. The molecule has 1 saturated heterocycles. The fourth-order valence-electron chi connectivity index (χ4n) is 4.03.